The van der Waals surface area contributed by atoms with Gasteiger partial charge in [-0.05, 0) is 48.2 Å². The average molecular weight is 392 g/mol. The van der Waals surface area contributed by atoms with Gasteiger partial charge in [0.1, 0.15) is 30.3 Å². The summed E-state index contributed by atoms with van der Waals surface area (Å²) in [5.41, 5.74) is 6.94. The first-order valence-corrected chi connectivity index (χ1v) is 9.55. The van der Waals surface area contributed by atoms with Crippen molar-refractivity contribution in [2.24, 2.45) is 0 Å². The monoisotopic (exact) mass is 391 g/mol. The fourth-order valence-electron chi connectivity index (χ4n) is 4.33. The van der Waals surface area contributed by atoms with Gasteiger partial charge in [0, 0.05) is 11.8 Å². The highest BCUT2D eigenvalue weighted by atomic mass is 35.5. The summed E-state index contributed by atoms with van der Waals surface area (Å²) >= 11 is 0. The molecule has 0 amide bonds. The molecule has 0 aliphatic heterocycles. The molecule has 0 bridgehead atoms. The molecule has 148 valence electrons. The predicted molar refractivity (Wildman–Crippen MR) is 102 cm³/mol. The second kappa shape index (κ2) is 9.45. The summed E-state index contributed by atoms with van der Waals surface area (Å²) in [6.07, 6.45) is 2.85. The highest BCUT2D eigenvalue weighted by Crippen LogP contribution is 2.43. The van der Waals surface area contributed by atoms with E-state index >= 15 is 0 Å². The molecule has 0 heterocycles. The van der Waals surface area contributed by atoms with E-state index in [-0.39, 0.29) is 30.0 Å². The normalized spacial score (nSPS) is 20.4. The molecule has 0 spiro atoms. The number of halogens is 1. The SMILES string of the molecule is CCC1(CC)c2cc(O)ccc2C[C@@H](OCCOc2ccccc2)[C@@H]1[NH3+].[Cl-]. The molecule has 2 aromatic carbocycles. The predicted octanol–water partition coefficient (Wildman–Crippen LogP) is 0.0848. The molecule has 27 heavy (non-hydrogen) atoms. The zero-order valence-corrected chi connectivity index (χ0v) is 16.9. The summed E-state index contributed by atoms with van der Waals surface area (Å²) in [6.45, 7) is 5.48. The Kier molecular flexibility index (Phi) is 7.54. The van der Waals surface area contributed by atoms with Crippen molar-refractivity contribution in [2.75, 3.05) is 13.2 Å². The lowest BCUT2D eigenvalue weighted by Crippen LogP contribution is -3.00. The Hall–Kier alpha value is -1.75. The smallest absolute Gasteiger partial charge is 0.121 e. The number of hydrogen-bond acceptors (Lipinski definition) is 3. The zero-order chi connectivity index (χ0) is 18.6. The topological polar surface area (TPSA) is 66.3 Å². The maximum absolute atomic E-state index is 9.98. The summed E-state index contributed by atoms with van der Waals surface area (Å²) < 4.78 is 12.0. The van der Waals surface area contributed by atoms with Crippen LogP contribution in [-0.2, 0) is 16.6 Å². The van der Waals surface area contributed by atoms with Crippen LogP contribution in [0.25, 0.3) is 0 Å². The minimum atomic E-state index is -0.0583. The highest BCUT2D eigenvalue weighted by Gasteiger charge is 2.48. The van der Waals surface area contributed by atoms with Gasteiger partial charge in [0.25, 0.3) is 0 Å². The Balaban J connectivity index is 0.00000261. The van der Waals surface area contributed by atoms with Crippen LogP contribution >= 0.6 is 0 Å². The van der Waals surface area contributed by atoms with E-state index in [2.05, 4.69) is 19.6 Å². The molecule has 4 nitrogen and oxygen atoms in total. The maximum atomic E-state index is 9.98. The molecular weight excluding hydrogens is 362 g/mol. The molecule has 4 N–H and O–H groups in total. The molecule has 0 radical (unpaired) electrons. The van der Waals surface area contributed by atoms with E-state index in [0.717, 1.165) is 25.0 Å². The lowest BCUT2D eigenvalue weighted by Gasteiger charge is -2.44. The van der Waals surface area contributed by atoms with Gasteiger partial charge in [-0.15, -0.1) is 0 Å². The maximum Gasteiger partial charge on any atom is 0.121 e. The van der Waals surface area contributed by atoms with E-state index in [9.17, 15) is 5.11 Å². The number of benzene rings is 2. The Morgan fingerprint density at radius 2 is 1.78 bits per heavy atom. The van der Waals surface area contributed by atoms with Crippen LogP contribution in [0.15, 0.2) is 48.5 Å². The Bertz CT molecular complexity index is 719. The third-order valence-electron chi connectivity index (χ3n) is 5.90. The molecule has 0 fully saturated rings. The summed E-state index contributed by atoms with van der Waals surface area (Å²) in [7, 11) is 0. The van der Waals surface area contributed by atoms with Crippen LogP contribution in [0.5, 0.6) is 11.5 Å². The van der Waals surface area contributed by atoms with Gasteiger partial charge in [0.05, 0.1) is 6.61 Å². The van der Waals surface area contributed by atoms with Gasteiger partial charge in [-0.1, -0.05) is 38.1 Å². The first-order valence-electron chi connectivity index (χ1n) is 9.55. The third-order valence-corrected chi connectivity index (χ3v) is 5.90. The molecule has 1 aliphatic rings. The van der Waals surface area contributed by atoms with Crippen molar-refractivity contribution in [1.29, 1.82) is 0 Å². The average Bonchev–Trinajstić information content (AvgIpc) is 2.67. The first-order chi connectivity index (χ1) is 12.6. The van der Waals surface area contributed by atoms with Gasteiger partial charge >= 0.3 is 0 Å². The molecule has 5 heteroatoms. The van der Waals surface area contributed by atoms with Gasteiger partial charge < -0.3 is 32.7 Å². The Morgan fingerprint density at radius 3 is 2.44 bits per heavy atom. The van der Waals surface area contributed by atoms with Crippen molar-refractivity contribution in [3.05, 3.63) is 59.7 Å². The number of fused-ring (bicyclic) bond motifs is 1. The van der Waals surface area contributed by atoms with Crippen molar-refractivity contribution in [3.8, 4) is 11.5 Å². The number of aromatic hydroxyl groups is 1. The molecular formula is C22H30ClNO3. The molecule has 0 saturated carbocycles. The van der Waals surface area contributed by atoms with E-state index in [4.69, 9.17) is 9.47 Å². The quantitative estimate of drug-likeness (QED) is 0.657. The Morgan fingerprint density at radius 1 is 1.07 bits per heavy atom. The van der Waals surface area contributed by atoms with Gasteiger partial charge in [0.15, 0.2) is 0 Å². The molecule has 2 aromatic rings. The second-order valence-electron chi connectivity index (χ2n) is 7.09. The minimum Gasteiger partial charge on any atom is -1.00 e. The fourth-order valence-corrected chi connectivity index (χ4v) is 4.33. The second-order valence-corrected chi connectivity index (χ2v) is 7.09. The fraction of sp³-hybridized carbons (Fsp3) is 0.455. The third kappa shape index (κ3) is 4.40. The molecule has 2 atom stereocenters. The van der Waals surface area contributed by atoms with Gasteiger partial charge in [-0.25, -0.2) is 0 Å². The van der Waals surface area contributed by atoms with Gasteiger partial charge in [-0.3, -0.25) is 0 Å². The number of hydrogen-bond donors (Lipinski definition) is 2. The van der Waals surface area contributed by atoms with E-state index in [1.165, 1.54) is 11.1 Å². The van der Waals surface area contributed by atoms with Crippen LogP contribution in [0.2, 0.25) is 0 Å². The van der Waals surface area contributed by atoms with Crippen LogP contribution in [0.3, 0.4) is 0 Å². The van der Waals surface area contributed by atoms with Crippen LogP contribution in [-0.4, -0.2) is 30.5 Å². The zero-order valence-electron chi connectivity index (χ0n) is 16.2. The van der Waals surface area contributed by atoms with Gasteiger partial charge in [0.2, 0.25) is 0 Å². The molecule has 0 aromatic heterocycles. The minimum absolute atomic E-state index is 0. The summed E-state index contributed by atoms with van der Waals surface area (Å²) in [6, 6.07) is 15.7. The number of phenols is 1. The van der Waals surface area contributed by atoms with Gasteiger partial charge in [-0.2, -0.15) is 0 Å². The van der Waals surface area contributed by atoms with Crippen LogP contribution < -0.4 is 22.9 Å². The first kappa shape index (κ1) is 21.5. The molecule has 3 rings (SSSR count). The van der Waals surface area contributed by atoms with Crippen molar-refractivity contribution in [3.63, 3.8) is 0 Å². The number of rotatable bonds is 7. The van der Waals surface area contributed by atoms with Crippen molar-refractivity contribution >= 4 is 0 Å². The number of para-hydroxylation sites is 1. The van der Waals surface area contributed by atoms with Crippen LogP contribution in [0, 0.1) is 0 Å². The Labute approximate surface area is 168 Å². The van der Waals surface area contributed by atoms with E-state index < -0.39 is 0 Å². The van der Waals surface area contributed by atoms with Crippen molar-refractivity contribution < 1.29 is 32.7 Å². The van der Waals surface area contributed by atoms with Crippen molar-refractivity contribution in [2.45, 2.75) is 50.7 Å². The molecule has 1 aliphatic carbocycles. The number of quaternary nitrogens is 1. The lowest BCUT2D eigenvalue weighted by molar-refractivity contribution is -0.460. The van der Waals surface area contributed by atoms with E-state index in [1.54, 1.807) is 6.07 Å². The molecule has 0 unspecified atom stereocenters. The standard InChI is InChI=1S/C22H29NO3.ClH/c1-3-22(4-2)19-15-17(24)11-10-16(19)14-20(21(22)23)26-13-12-25-18-8-6-5-7-9-18;/h5-11,15,20-21,24H,3-4,12-14,23H2,1-2H3;1H/t20-,21+;/m1./s1. The van der Waals surface area contributed by atoms with Crippen molar-refractivity contribution in [1.82, 2.24) is 0 Å². The van der Waals surface area contributed by atoms with Crippen LogP contribution in [0.1, 0.15) is 37.8 Å². The summed E-state index contributed by atoms with van der Waals surface area (Å²) in [5, 5.41) is 9.98. The highest BCUT2D eigenvalue weighted by molar-refractivity contribution is 5.44. The molecule has 0 saturated heterocycles. The largest absolute Gasteiger partial charge is 1.00 e. The number of ether oxygens (including phenoxy) is 2. The summed E-state index contributed by atoms with van der Waals surface area (Å²) in [4.78, 5) is 0. The summed E-state index contributed by atoms with van der Waals surface area (Å²) in [5.74, 6) is 1.20. The van der Waals surface area contributed by atoms with Crippen LogP contribution in [0.4, 0.5) is 0 Å². The number of phenolic OH excluding ortho intramolecular Hbond substituents is 1. The lowest BCUT2D eigenvalue weighted by atomic mass is 9.63. The van der Waals surface area contributed by atoms with E-state index in [0.29, 0.717) is 19.0 Å². The van der Waals surface area contributed by atoms with E-state index in [1.807, 2.05) is 42.5 Å².